The van der Waals surface area contributed by atoms with Gasteiger partial charge in [0.1, 0.15) is 22.8 Å². The van der Waals surface area contributed by atoms with E-state index in [0.29, 0.717) is 28.7 Å². The van der Waals surface area contributed by atoms with Gasteiger partial charge in [0.05, 0.1) is 20.5 Å². The minimum absolute atomic E-state index is 0.251. The van der Waals surface area contributed by atoms with Crippen molar-refractivity contribution in [2.45, 2.75) is 0 Å². The number of carbonyl (C=O) groups is 1. The average Bonchev–Trinajstić information content (AvgIpc) is 2.73. The Kier molecular flexibility index (Phi) is 6.25. The number of pyridine rings is 1. The van der Waals surface area contributed by atoms with Crippen LogP contribution in [0.1, 0.15) is 5.56 Å². The Morgan fingerprint density at radius 2 is 1.64 bits per heavy atom. The highest BCUT2D eigenvalue weighted by atomic mass is 16.5. The van der Waals surface area contributed by atoms with Crippen LogP contribution in [-0.4, -0.2) is 25.2 Å². The number of carbonyl (C=O) groups excluding carboxylic acids is 1. The van der Waals surface area contributed by atoms with Crippen LogP contribution in [0.5, 0.6) is 23.1 Å². The molecule has 3 rings (SSSR count). The predicted molar refractivity (Wildman–Crippen MR) is 104 cm³/mol. The molecule has 1 heterocycles. The van der Waals surface area contributed by atoms with Crippen molar-refractivity contribution >= 4 is 11.5 Å². The molecule has 0 aliphatic rings. The van der Waals surface area contributed by atoms with Crippen LogP contribution in [0.15, 0.2) is 79.2 Å². The Morgan fingerprint density at radius 3 is 2.36 bits per heavy atom. The molecule has 142 valence electrons. The molecule has 6 nitrogen and oxygen atoms in total. The van der Waals surface area contributed by atoms with E-state index < -0.39 is 5.97 Å². The van der Waals surface area contributed by atoms with Gasteiger partial charge < -0.3 is 18.9 Å². The molecule has 3 aromatic rings. The molecule has 2 aromatic carbocycles. The van der Waals surface area contributed by atoms with Crippen molar-refractivity contribution in [1.82, 2.24) is 4.98 Å². The normalized spacial score (nSPS) is 10.9. The number of benzene rings is 2. The van der Waals surface area contributed by atoms with Gasteiger partial charge in [0.15, 0.2) is 0 Å². The molecular formula is C22H19NO5. The number of para-hydroxylation sites is 1. The molecule has 0 unspecified atom stereocenters. The summed E-state index contributed by atoms with van der Waals surface area (Å²) in [5, 5.41) is 0. The minimum atomic E-state index is -0.523. The number of nitrogens with zero attached hydrogens (tertiary/aromatic N) is 1. The number of hydrogen-bond donors (Lipinski definition) is 0. The molecule has 0 N–H and O–H groups in total. The number of rotatable bonds is 7. The lowest BCUT2D eigenvalue weighted by molar-refractivity contribution is -0.133. The summed E-state index contributed by atoms with van der Waals surface area (Å²) in [5.74, 6) is 1.56. The van der Waals surface area contributed by atoms with Crippen LogP contribution in [0.2, 0.25) is 0 Å². The van der Waals surface area contributed by atoms with Crippen molar-refractivity contribution in [3.8, 4) is 23.1 Å². The van der Waals surface area contributed by atoms with Crippen LogP contribution in [-0.2, 0) is 14.3 Å². The van der Waals surface area contributed by atoms with E-state index in [9.17, 15) is 4.79 Å². The zero-order chi connectivity index (χ0) is 19.8. The molecule has 0 spiro atoms. The number of methoxy groups -OCH3 is 2. The standard InChI is InChI=1S/C22H19NO5/c1-25-15-19(22(24)26-2)18-10-3-4-11-20(18)27-16-8-7-9-17(14-16)28-21-12-5-6-13-23-21/h3-15H,1-2H3/b19-15+. The number of esters is 1. The first kappa shape index (κ1) is 19.0. The Labute approximate surface area is 163 Å². The second-order valence-corrected chi connectivity index (χ2v) is 5.60. The van der Waals surface area contributed by atoms with Gasteiger partial charge in [-0.2, -0.15) is 0 Å². The van der Waals surface area contributed by atoms with Crippen molar-refractivity contribution in [2.24, 2.45) is 0 Å². The Balaban J connectivity index is 1.87. The number of aromatic nitrogens is 1. The van der Waals surface area contributed by atoms with Gasteiger partial charge >= 0.3 is 5.97 Å². The van der Waals surface area contributed by atoms with Crippen molar-refractivity contribution < 1.29 is 23.7 Å². The Morgan fingerprint density at radius 1 is 0.893 bits per heavy atom. The van der Waals surface area contributed by atoms with E-state index in [1.807, 2.05) is 24.3 Å². The first-order valence-electron chi connectivity index (χ1n) is 8.48. The Bertz CT molecular complexity index is 969. The van der Waals surface area contributed by atoms with Gasteiger partial charge in [0.2, 0.25) is 5.88 Å². The average molecular weight is 377 g/mol. The molecule has 0 amide bonds. The summed E-state index contributed by atoms with van der Waals surface area (Å²) >= 11 is 0. The molecule has 28 heavy (non-hydrogen) atoms. The summed E-state index contributed by atoms with van der Waals surface area (Å²) in [6, 6.07) is 19.7. The lowest BCUT2D eigenvalue weighted by Gasteiger charge is -2.13. The molecule has 0 saturated heterocycles. The van der Waals surface area contributed by atoms with Gasteiger partial charge in [0.25, 0.3) is 0 Å². The third kappa shape index (κ3) is 4.67. The second kappa shape index (κ2) is 9.23. The van der Waals surface area contributed by atoms with E-state index >= 15 is 0 Å². The minimum Gasteiger partial charge on any atom is -0.503 e. The van der Waals surface area contributed by atoms with Crippen LogP contribution >= 0.6 is 0 Å². The molecule has 0 fully saturated rings. The van der Waals surface area contributed by atoms with Gasteiger partial charge in [-0.25, -0.2) is 9.78 Å². The fourth-order valence-electron chi connectivity index (χ4n) is 2.48. The van der Waals surface area contributed by atoms with E-state index in [-0.39, 0.29) is 5.57 Å². The van der Waals surface area contributed by atoms with E-state index in [2.05, 4.69) is 4.98 Å². The molecule has 1 aromatic heterocycles. The van der Waals surface area contributed by atoms with Crippen LogP contribution < -0.4 is 9.47 Å². The van der Waals surface area contributed by atoms with Crippen molar-refractivity contribution in [2.75, 3.05) is 14.2 Å². The fourth-order valence-corrected chi connectivity index (χ4v) is 2.48. The summed E-state index contributed by atoms with van der Waals surface area (Å²) in [5.41, 5.74) is 0.800. The van der Waals surface area contributed by atoms with Crippen molar-refractivity contribution in [3.05, 3.63) is 84.8 Å². The quantitative estimate of drug-likeness (QED) is 0.334. The highest BCUT2D eigenvalue weighted by molar-refractivity contribution is 6.17. The molecule has 0 bridgehead atoms. The fraction of sp³-hybridized carbons (Fsp3) is 0.0909. The first-order valence-corrected chi connectivity index (χ1v) is 8.48. The molecule has 6 heteroatoms. The lowest BCUT2D eigenvalue weighted by atomic mass is 10.1. The predicted octanol–water partition coefficient (Wildman–Crippen LogP) is 4.83. The van der Waals surface area contributed by atoms with Crippen LogP contribution in [0.25, 0.3) is 5.57 Å². The van der Waals surface area contributed by atoms with E-state index in [0.717, 1.165) is 0 Å². The zero-order valence-corrected chi connectivity index (χ0v) is 15.5. The highest BCUT2D eigenvalue weighted by Crippen LogP contribution is 2.33. The van der Waals surface area contributed by atoms with E-state index in [1.165, 1.54) is 20.5 Å². The maximum Gasteiger partial charge on any atom is 0.341 e. The monoisotopic (exact) mass is 377 g/mol. The lowest BCUT2D eigenvalue weighted by Crippen LogP contribution is -2.05. The smallest absolute Gasteiger partial charge is 0.341 e. The van der Waals surface area contributed by atoms with E-state index in [4.69, 9.17) is 18.9 Å². The van der Waals surface area contributed by atoms with Gasteiger partial charge in [-0.3, -0.25) is 0 Å². The molecule has 0 aliphatic heterocycles. The maximum atomic E-state index is 12.1. The summed E-state index contributed by atoms with van der Waals surface area (Å²) in [6.45, 7) is 0. The number of ether oxygens (including phenoxy) is 4. The van der Waals surface area contributed by atoms with Gasteiger partial charge in [0, 0.05) is 23.9 Å². The summed E-state index contributed by atoms with van der Waals surface area (Å²) in [4.78, 5) is 16.2. The summed E-state index contributed by atoms with van der Waals surface area (Å²) < 4.78 is 21.6. The molecular weight excluding hydrogens is 358 g/mol. The van der Waals surface area contributed by atoms with Crippen molar-refractivity contribution in [1.29, 1.82) is 0 Å². The third-order valence-electron chi connectivity index (χ3n) is 3.71. The third-order valence-corrected chi connectivity index (χ3v) is 3.71. The largest absolute Gasteiger partial charge is 0.503 e. The van der Waals surface area contributed by atoms with Crippen molar-refractivity contribution in [3.63, 3.8) is 0 Å². The van der Waals surface area contributed by atoms with Gasteiger partial charge in [-0.05, 0) is 24.3 Å². The topological polar surface area (TPSA) is 66.9 Å². The SMILES string of the molecule is CO/C=C(/C(=O)OC)c1ccccc1Oc1cccc(Oc2ccccn2)c1. The van der Waals surface area contributed by atoms with Crippen LogP contribution in [0.4, 0.5) is 0 Å². The molecule has 0 aliphatic carbocycles. The van der Waals surface area contributed by atoms with Gasteiger partial charge in [-0.15, -0.1) is 0 Å². The van der Waals surface area contributed by atoms with Gasteiger partial charge in [-0.1, -0.05) is 30.3 Å². The first-order chi connectivity index (χ1) is 13.7. The highest BCUT2D eigenvalue weighted by Gasteiger charge is 2.18. The molecule has 0 saturated carbocycles. The zero-order valence-electron chi connectivity index (χ0n) is 15.5. The molecule has 0 atom stereocenters. The van der Waals surface area contributed by atoms with E-state index in [1.54, 1.807) is 48.7 Å². The number of hydrogen-bond acceptors (Lipinski definition) is 6. The Hall–Kier alpha value is -3.80. The second-order valence-electron chi connectivity index (χ2n) is 5.60. The summed E-state index contributed by atoms with van der Waals surface area (Å²) in [7, 11) is 2.78. The molecule has 0 radical (unpaired) electrons. The summed E-state index contributed by atoms with van der Waals surface area (Å²) in [6.07, 6.45) is 2.98. The van der Waals surface area contributed by atoms with Crippen LogP contribution in [0.3, 0.4) is 0 Å². The van der Waals surface area contributed by atoms with Crippen LogP contribution in [0, 0.1) is 0 Å². The maximum absolute atomic E-state index is 12.1.